The van der Waals surface area contributed by atoms with Crippen LogP contribution in [0.2, 0.25) is 0 Å². The lowest BCUT2D eigenvalue weighted by Gasteiger charge is -2.40. The van der Waals surface area contributed by atoms with Crippen molar-refractivity contribution in [1.29, 1.82) is 0 Å². The second-order valence-corrected chi connectivity index (χ2v) is 9.22. The zero-order chi connectivity index (χ0) is 25.4. The molecule has 0 saturated carbocycles. The first-order valence-electron chi connectivity index (χ1n) is 12.8. The van der Waals surface area contributed by atoms with Crippen molar-refractivity contribution in [3.8, 4) is 0 Å². The summed E-state index contributed by atoms with van der Waals surface area (Å²) in [4.78, 5) is 38.9. The molecule has 0 radical (unpaired) electrons. The van der Waals surface area contributed by atoms with Crippen LogP contribution < -0.4 is 5.32 Å². The normalized spacial score (nSPS) is 18.6. The van der Waals surface area contributed by atoms with Gasteiger partial charge < -0.3 is 10.1 Å². The fourth-order valence-corrected chi connectivity index (χ4v) is 5.27. The smallest absolute Gasteiger partial charge is 0.321 e. The Morgan fingerprint density at radius 1 is 0.889 bits per heavy atom. The number of unbranched alkanes of at least 4 members (excludes halogenated alkanes) is 1. The predicted octanol–water partition coefficient (Wildman–Crippen LogP) is 5.58. The zero-order valence-electron chi connectivity index (χ0n) is 20.7. The minimum absolute atomic E-state index is 0.0978. The van der Waals surface area contributed by atoms with Gasteiger partial charge in [-0.25, -0.2) is 0 Å². The van der Waals surface area contributed by atoms with Gasteiger partial charge in [0, 0.05) is 24.4 Å². The SMILES string of the molecule is CCOC(=O)[C@]1(c2ccccc2)CC[C@H](C(=O)CCCCNC(=O)c2ccccc2)c2ccccc21. The van der Waals surface area contributed by atoms with Gasteiger partial charge in [-0.05, 0) is 61.4 Å². The molecule has 1 N–H and O–H groups in total. The first-order valence-corrected chi connectivity index (χ1v) is 12.8. The molecule has 3 aromatic rings. The number of hydrogen-bond donors (Lipinski definition) is 1. The minimum atomic E-state index is -0.910. The summed E-state index contributed by atoms with van der Waals surface area (Å²) in [6.07, 6.45) is 2.99. The van der Waals surface area contributed by atoms with Crippen LogP contribution in [-0.2, 0) is 19.7 Å². The van der Waals surface area contributed by atoms with Crippen molar-refractivity contribution in [2.75, 3.05) is 13.2 Å². The van der Waals surface area contributed by atoms with E-state index in [2.05, 4.69) is 5.32 Å². The molecule has 0 fully saturated rings. The van der Waals surface area contributed by atoms with Crippen molar-refractivity contribution in [2.24, 2.45) is 0 Å². The Kier molecular flexibility index (Phi) is 8.32. The maximum atomic E-state index is 13.4. The maximum Gasteiger partial charge on any atom is 0.321 e. The number of Topliss-reactive ketones (excluding diaryl/α,β-unsaturated/α-hetero) is 1. The number of ether oxygens (including phenoxy) is 1. The highest BCUT2D eigenvalue weighted by Crippen LogP contribution is 2.48. The van der Waals surface area contributed by atoms with E-state index in [0.717, 1.165) is 23.1 Å². The number of benzene rings is 3. The molecule has 2 atom stereocenters. The van der Waals surface area contributed by atoms with E-state index in [-0.39, 0.29) is 23.6 Å². The molecule has 0 saturated heterocycles. The van der Waals surface area contributed by atoms with Crippen molar-refractivity contribution >= 4 is 17.7 Å². The summed E-state index contributed by atoms with van der Waals surface area (Å²) < 4.78 is 5.58. The third-order valence-electron chi connectivity index (χ3n) is 7.05. The van der Waals surface area contributed by atoms with Crippen LogP contribution in [0.15, 0.2) is 84.9 Å². The number of carbonyl (C=O) groups excluding carboxylic acids is 3. The molecule has 4 rings (SSSR count). The molecule has 5 heteroatoms. The van der Waals surface area contributed by atoms with Gasteiger partial charge in [0.2, 0.25) is 0 Å². The third-order valence-corrected chi connectivity index (χ3v) is 7.05. The molecule has 3 aromatic carbocycles. The number of rotatable bonds is 10. The number of nitrogens with one attached hydrogen (secondary N) is 1. The monoisotopic (exact) mass is 483 g/mol. The van der Waals surface area contributed by atoms with Gasteiger partial charge in [-0.2, -0.15) is 0 Å². The van der Waals surface area contributed by atoms with Gasteiger partial charge in [0.05, 0.1) is 6.61 Å². The fraction of sp³-hybridized carbons (Fsp3) is 0.323. The van der Waals surface area contributed by atoms with Crippen LogP contribution in [0, 0.1) is 0 Å². The summed E-state index contributed by atoms with van der Waals surface area (Å²) in [6, 6.07) is 26.7. The molecule has 0 heterocycles. The van der Waals surface area contributed by atoms with Gasteiger partial charge in [-0.3, -0.25) is 14.4 Å². The first-order chi connectivity index (χ1) is 17.6. The third kappa shape index (κ3) is 5.25. The Bertz CT molecular complexity index is 1190. The van der Waals surface area contributed by atoms with Crippen molar-refractivity contribution in [1.82, 2.24) is 5.32 Å². The molecule has 0 spiro atoms. The molecular weight excluding hydrogens is 450 g/mol. The standard InChI is InChI=1S/C31H33NO4/c1-2-36-30(35)31(24-15-7-4-8-16-24)21-20-26(25-17-9-10-18-27(25)31)28(33)19-11-12-22-32-29(34)23-13-5-3-6-14-23/h3-10,13-18,26H,2,11-12,19-22H2,1H3,(H,32,34)/t26-,31-/m0/s1. The Morgan fingerprint density at radius 2 is 1.56 bits per heavy atom. The summed E-state index contributed by atoms with van der Waals surface area (Å²) in [5.41, 5.74) is 2.41. The van der Waals surface area contributed by atoms with Crippen molar-refractivity contribution in [3.05, 3.63) is 107 Å². The van der Waals surface area contributed by atoms with Crippen LogP contribution in [0.3, 0.4) is 0 Å². The van der Waals surface area contributed by atoms with Gasteiger partial charge in [-0.15, -0.1) is 0 Å². The van der Waals surface area contributed by atoms with Crippen LogP contribution in [0.1, 0.15) is 72.0 Å². The molecule has 36 heavy (non-hydrogen) atoms. The van der Waals surface area contributed by atoms with Crippen LogP contribution >= 0.6 is 0 Å². The van der Waals surface area contributed by atoms with Gasteiger partial charge in [0.25, 0.3) is 5.91 Å². The lowest BCUT2D eigenvalue weighted by Crippen LogP contribution is -2.43. The first kappa shape index (κ1) is 25.4. The number of carbonyl (C=O) groups is 3. The molecule has 0 bridgehead atoms. The van der Waals surface area contributed by atoms with Gasteiger partial charge in [0.1, 0.15) is 11.2 Å². The molecule has 0 aromatic heterocycles. The molecule has 1 amide bonds. The molecule has 1 aliphatic rings. The van der Waals surface area contributed by atoms with Crippen LogP contribution in [0.5, 0.6) is 0 Å². The fourth-order valence-electron chi connectivity index (χ4n) is 5.27. The van der Waals surface area contributed by atoms with Crippen molar-refractivity contribution in [3.63, 3.8) is 0 Å². The Morgan fingerprint density at radius 3 is 2.28 bits per heavy atom. The predicted molar refractivity (Wildman–Crippen MR) is 140 cm³/mol. The zero-order valence-corrected chi connectivity index (χ0v) is 20.7. The van der Waals surface area contributed by atoms with E-state index in [9.17, 15) is 14.4 Å². The van der Waals surface area contributed by atoms with Crippen molar-refractivity contribution < 1.29 is 19.1 Å². The average Bonchev–Trinajstić information content (AvgIpc) is 2.93. The highest BCUT2D eigenvalue weighted by atomic mass is 16.5. The van der Waals surface area contributed by atoms with Crippen LogP contribution in [-0.4, -0.2) is 30.8 Å². The number of fused-ring (bicyclic) bond motifs is 1. The second kappa shape index (κ2) is 11.8. The van der Waals surface area contributed by atoms with Crippen molar-refractivity contribution in [2.45, 2.75) is 50.4 Å². The maximum absolute atomic E-state index is 13.4. The van der Waals surface area contributed by atoms with Gasteiger partial charge >= 0.3 is 5.97 Å². The molecule has 0 unspecified atom stereocenters. The Balaban J connectivity index is 1.45. The number of ketones is 1. The molecular formula is C31H33NO4. The summed E-state index contributed by atoms with van der Waals surface area (Å²) >= 11 is 0. The lowest BCUT2D eigenvalue weighted by atomic mass is 9.62. The Hall–Kier alpha value is -3.73. The highest BCUT2D eigenvalue weighted by molar-refractivity contribution is 5.94. The van der Waals surface area contributed by atoms with E-state index < -0.39 is 5.41 Å². The van der Waals surface area contributed by atoms with Crippen LogP contribution in [0.4, 0.5) is 0 Å². The van der Waals surface area contributed by atoms with Gasteiger partial charge in [0.15, 0.2) is 0 Å². The highest BCUT2D eigenvalue weighted by Gasteiger charge is 2.49. The van der Waals surface area contributed by atoms with E-state index in [1.807, 2.05) is 79.7 Å². The van der Waals surface area contributed by atoms with E-state index >= 15 is 0 Å². The quantitative estimate of drug-likeness (QED) is 0.302. The van der Waals surface area contributed by atoms with E-state index in [1.54, 1.807) is 12.1 Å². The molecule has 5 nitrogen and oxygen atoms in total. The van der Waals surface area contributed by atoms with Crippen LogP contribution in [0.25, 0.3) is 0 Å². The van der Waals surface area contributed by atoms with E-state index in [4.69, 9.17) is 4.74 Å². The second-order valence-electron chi connectivity index (χ2n) is 9.22. The Labute approximate surface area is 212 Å². The summed E-state index contributed by atoms with van der Waals surface area (Å²) in [6.45, 7) is 2.65. The van der Waals surface area contributed by atoms with Gasteiger partial charge in [-0.1, -0.05) is 72.8 Å². The molecule has 0 aliphatic heterocycles. The summed E-state index contributed by atoms with van der Waals surface area (Å²) in [7, 11) is 0. The number of amides is 1. The number of esters is 1. The lowest BCUT2D eigenvalue weighted by molar-refractivity contribution is -0.149. The average molecular weight is 484 g/mol. The topological polar surface area (TPSA) is 72.5 Å². The van der Waals surface area contributed by atoms with E-state index in [0.29, 0.717) is 44.4 Å². The van der Waals surface area contributed by atoms with E-state index in [1.165, 1.54) is 0 Å². The summed E-state index contributed by atoms with van der Waals surface area (Å²) in [5, 5.41) is 2.92. The number of hydrogen-bond acceptors (Lipinski definition) is 4. The molecule has 1 aliphatic carbocycles. The molecule has 186 valence electrons. The minimum Gasteiger partial charge on any atom is -0.465 e. The summed E-state index contributed by atoms with van der Waals surface area (Å²) in [5.74, 6) is -0.420. The largest absolute Gasteiger partial charge is 0.465 e.